The van der Waals surface area contributed by atoms with E-state index in [1.165, 1.54) is 30.6 Å². The Balaban J connectivity index is 1.61. The van der Waals surface area contributed by atoms with Gasteiger partial charge in [0.2, 0.25) is 5.91 Å². The molecule has 33 heavy (non-hydrogen) atoms. The molecule has 1 amide bonds. The smallest absolute Gasteiger partial charge is 0.245 e. The second kappa shape index (κ2) is 9.53. The number of carbonyl (C=O) groups excluding carboxylic acids is 1. The van der Waals surface area contributed by atoms with E-state index in [9.17, 15) is 9.18 Å². The predicted molar refractivity (Wildman–Crippen MR) is 121 cm³/mol. The van der Waals surface area contributed by atoms with Crippen LogP contribution < -0.4 is 14.8 Å². The van der Waals surface area contributed by atoms with Crippen LogP contribution in [0.4, 0.5) is 15.9 Å². The number of halogens is 1. The number of ether oxygens (including phenoxy) is 2. The van der Waals surface area contributed by atoms with Crippen LogP contribution in [0.1, 0.15) is 18.4 Å². The molecule has 4 rings (SSSR count). The highest BCUT2D eigenvalue weighted by molar-refractivity contribution is 5.93. The summed E-state index contributed by atoms with van der Waals surface area (Å²) in [7, 11) is 1.56. The predicted octanol–water partition coefficient (Wildman–Crippen LogP) is 3.95. The number of amides is 1. The number of fused-ring (bicyclic) bond motifs is 1. The van der Waals surface area contributed by atoms with Crippen molar-refractivity contribution in [3.05, 3.63) is 60.7 Å². The Kier molecular flexibility index (Phi) is 6.36. The Morgan fingerprint density at radius 2 is 2.06 bits per heavy atom. The summed E-state index contributed by atoms with van der Waals surface area (Å²) in [6.07, 6.45) is 4.02. The van der Waals surface area contributed by atoms with Crippen LogP contribution in [-0.2, 0) is 4.79 Å². The lowest BCUT2D eigenvalue weighted by atomic mass is 10.1. The molecule has 168 valence electrons. The first-order chi connectivity index (χ1) is 16.0. The van der Waals surface area contributed by atoms with Crippen molar-refractivity contribution in [2.75, 3.05) is 25.5 Å². The summed E-state index contributed by atoms with van der Waals surface area (Å²) in [4.78, 5) is 22.2. The highest BCUT2D eigenvalue weighted by atomic mass is 19.1. The number of nitriles is 1. The average molecular weight is 447 g/mol. The van der Waals surface area contributed by atoms with E-state index >= 15 is 0 Å². The van der Waals surface area contributed by atoms with Crippen LogP contribution in [0, 0.1) is 17.1 Å². The molecule has 1 aliphatic heterocycles. The van der Waals surface area contributed by atoms with Crippen LogP contribution in [0.5, 0.6) is 11.5 Å². The molecule has 3 aromatic rings. The van der Waals surface area contributed by atoms with Gasteiger partial charge in [-0.3, -0.25) is 4.79 Å². The molecule has 0 spiro atoms. The van der Waals surface area contributed by atoms with Gasteiger partial charge in [-0.15, -0.1) is 0 Å². The van der Waals surface area contributed by atoms with Gasteiger partial charge in [0, 0.05) is 43.1 Å². The number of hydrogen-bond acceptors (Lipinski definition) is 7. The zero-order valence-electron chi connectivity index (χ0n) is 18.0. The summed E-state index contributed by atoms with van der Waals surface area (Å²) in [5, 5.41) is 12.9. The Bertz CT molecular complexity index is 1250. The van der Waals surface area contributed by atoms with E-state index in [1.54, 1.807) is 24.1 Å². The molecule has 2 heterocycles. The van der Waals surface area contributed by atoms with E-state index in [-0.39, 0.29) is 17.6 Å². The first kappa shape index (κ1) is 22.0. The van der Waals surface area contributed by atoms with Gasteiger partial charge in [-0.25, -0.2) is 14.4 Å². The Hall–Kier alpha value is -4.19. The molecule has 0 aliphatic carbocycles. The maximum absolute atomic E-state index is 13.7. The van der Waals surface area contributed by atoms with Crippen LogP contribution in [-0.4, -0.2) is 47.1 Å². The van der Waals surface area contributed by atoms with Crippen LogP contribution in [0.2, 0.25) is 0 Å². The first-order valence-electron chi connectivity index (χ1n) is 10.4. The van der Waals surface area contributed by atoms with Crippen molar-refractivity contribution in [1.82, 2.24) is 14.9 Å². The van der Waals surface area contributed by atoms with Crippen LogP contribution >= 0.6 is 0 Å². The topological polar surface area (TPSA) is 100 Å². The van der Waals surface area contributed by atoms with Crippen molar-refractivity contribution in [1.29, 1.82) is 5.26 Å². The number of anilines is 2. The van der Waals surface area contributed by atoms with Gasteiger partial charge in [-0.05, 0) is 30.3 Å². The van der Waals surface area contributed by atoms with Gasteiger partial charge in [-0.1, -0.05) is 6.58 Å². The maximum atomic E-state index is 13.7. The van der Waals surface area contributed by atoms with Gasteiger partial charge >= 0.3 is 0 Å². The summed E-state index contributed by atoms with van der Waals surface area (Å²) in [6.45, 7) is 4.72. The molecular weight excluding hydrogens is 425 g/mol. The molecule has 2 aromatic carbocycles. The minimum Gasteiger partial charge on any atom is -0.493 e. The summed E-state index contributed by atoms with van der Waals surface area (Å²) in [6, 6.07) is 9.57. The zero-order valence-corrected chi connectivity index (χ0v) is 18.0. The molecule has 0 atom stereocenters. The summed E-state index contributed by atoms with van der Waals surface area (Å²) < 4.78 is 25.4. The van der Waals surface area contributed by atoms with Crippen molar-refractivity contribution in [3.8, 4) is 17.6 Å². The minimum absolute atomic E-state index is 0.0645. The average Bonchev–Trinajstić information content (AvgIpc) is 2.85. The van der Waals surface area contributed by atoms with Crippen molar-refractivity contribution in [2.24, 2.45) is 0 Å². The van der Waals surface area contributed by atoms with E-state index in [1.807, 2.05) is 6.07 Å². The Morgan fingerprint density at radius 3 is 2.76 bits per heavy atom. The molecule has 9 heteroatoms. The van der Waals surface area contributed by atoms with Crippen molar-refractivity contribution in [3.63, 3.8) is 0 Å². The van der Waals surface area contributed by atoms with Gasteiger partial charge in [0.05, 0.1) is 18.2 Å². The van der Waals surface area contributed by atoms with Crippen molar-refractivity contribution in [2.45, 2.75) is 18.9 Å². The van der Waals surface area contributed by atoms with Gasteiger partial charge < -0.3 is 19.7 Å². The highest BCUT2D eigenvalue weighted by Gasteiger charge is 2.24. The highest BCUT2D eigenvalue weighted by Crippen LogP contribution is 2.36. The molecule has 0 bridgehead atoms. The molecule has 8 nitrogen and oxygen atoms in total. The number of likely N-dealkylation sites (tertiary alicyclic amines) is 1. The number of nitrogens with zero attached hydrogens (tertiary/aromatic N) is 4. The molecule has 0 saturated carbocycles. The number of hydrogen-bond donors (Lipinski definition) is 1. The number of nitrogens with one attached hydrogen (secondary N) is 1. The lowest BCUT2D eigenvalue weighted by Gasteiger charge is -2.31. The molecule has 1 aromatic heterocycles. The fraction of sp³-hybridized carbons (Fsp3) is 0.250. The summed E-state index contributed by atoms with van der Waals surface area (Å²) in [5.41, 5.74) is 1.08. The Morgan fingerprint density at radius 1 is 1.27 bits per heavy atom. The summed E-state index contributed by atoms with van der Waals surface area (Å²) >= 11 is 0. The molecule has 1 fully saturated rings. The Labute approximate surface area is 190 Å². The standard InChI is InChI=1S/C24H22FN5O3/c1-3-23(31)30-8-6-17(7-9-30)33-22-11-18-20(12-21(22)32-2)27-14-28-24(18)29-16-4-5-19(25)15(10-16)13-26/h3-5,10-12,14,17H,1,6-9H2,2H3,(H,27,28,29). The largest absolute Gasteiger partial charge is 0.493 e. The number of rotatable bonds is 6. The van der Waals surface area contributed by atoms with Crippen LogP contribution in [0.15, 0.2) is 49.3 Å². The number of benzene rings is 2. The van der Waals surface area contributed by atoms with Gasteiger partial charge in [-0.2, -0.15) is 5.26 Å². The van der Waals surface area contributed by atoms with E-state index < -0.39 is 5.82 Å². The van der Waals surface area contributed by atoms with Crippen LogP contribution in [0.3, 0.4) is 0 Å². The number of aromatic nitrogens is 2. The van der Waals surface area contributed by atoms with E-state index in [0.717, 1.165) is 0 Å². The molecule has 1 saturated heterocycles. The molecule has 1 N–H and O–H groups in total. The van der Waals surface area contributed by atoms with Crippen molar-refractivity contribution >= 4 is 28.3 Å². The second-order valence-electron chi connectivity index (χ2n) is 7.52. The number of methoxy groups -OCH3 is 1. The maximum Gasteiger partial charge on any atom is 0.245 e. The molecule has 0 radical (unpaired) electrons. The normalized spacial score (nSPS) is 13.9. The first-order valence-corrected chi connectivity index (χ1v) is 10.4. The van der Waals surface area contributed by atoms with E-state index in [0.29, 0.717) is 59.8 Å². The van der Waals surface area contributed by atoms with Crippen molar-refractivity contribution < 1.29 is 18.7 Å². The van der Waals surface area contributed by atoms with E-state index in [4.69, 9.17) is 14.7 Å². The third kappa shape index (κ3) is 4.70. The van der Waals surface area contributed by atoms with Gasteiger partial charge in [0.15, 0.2) is 11.5 Å². The third-order valence-corrected chi connectivity index (χ3v) is 5.49. The minimum atomic E-state index is -0.586. The fourth-order valence-corrected chi connectivity index (χ4v) is 3.74. The number of piperidine rings is 1. The fourth-order valence-electron chi connectivity index (χ4n) is 3.74. The molecule has 1 aliphatic rings. The monoisotopic (exact) mass is 447 g/mol. The second-order valence-corrected chi connectivity index (χ2v) is 7.52. The molecule has 0 unspecified atom stereocenters. The lowest BCUT2D eigenvalue weighted by molar-refractivity contribution is -0.127. The third-order valence-electron chi connectivity index (χ3n) is 5.49. The quantitative estimate of drug-likeness (QED) is 0.571. The van der Waals surface area contributed by atoms with Gasteiger partial charge in [0.25, 0.3) is 0 Å². The van der Waals surface area contributed by atoms with Crippen LogP contribution in [0.25, 0.3) is 10.9 Å². The summed E-state index contributed by atoms with van der Waals surface area (Å²) in [5.74, 6) is 0.884. The number of carbonyl (C=O) groups is 1. The van der Waals surface area contributed by atoms with Gasteiger partial charge in [0.1, 0.15) is 30.1 Å². The SMILES string of the molecule is C=CC(=O)N1CCC(Oc2cc3c(Nc4ccc(F)c(C#N)c4)ncnc3cc2OC)CC1. The zero-order chi connectivity index (χ0) is 23.4. The lowest BCUT2D eigenvalue weighted by Crippen LogP contribution is -2.41. The molecular formula is C24H22FN5O3. The van der Waals surface area contributed by atoms with E-state index in [2.05, 4.69) is 21.9 Å².